The molecule has 1 aromatic heterocycles. The summed E-state index contributed by atoms with van der Waals surface area (Å²) in [5.41, 5.74) is 1.03. The minimum absolute atomic E-state index is 0.261. The van der Waals surface area contributed by atoms with Gasteiger partial charge in [0.25, 0.3) is 16.9 Å². The molecule has 0 fully saturated rings. The van der Waals surface area contributed by atoms with Crippen LogP contribution in [-0.2, 0) is 4.79 Å². The number of imide groups is 1. The number of benzene rings is 1. The van der Waals surface area contributed by atoms with Crippen molar-refractivity contribution in [3.05, 3.63) is 36.0 Å². The number of carbonyl (C=O) groups is 3. The Hall–Kier alpha value is -2.08. The van der Waals surface area contributed by atoms with E-state index >= 15 is 0 Å². The number of amides is 2. The number of Topliss-reactive ketones (excluding diaryl/α,β-unsaturated/α-hetero) is 1. The molecule has 0 spiro atoms. The van der Waals surface area contributed by atoms with Crippen LogP contribution in [0, 0.1) is 0 Å². The molecule has 0 bridgehead atoms. The molecule has 6 heteroatoms. The third-order valence-corrected chi connectivity index (χ3v) is 2.91. The minimum atomic E-state index is -0.917. The Labute approximate surface area is 107 Å². The van der Waals surface area contributed by atoms with Crippen LogP contribution in [0.5, 0.6) is 0 Å². The maximum Gasteiger partial charge on any atom is 0.299 e. The molecule has 2 amide bonds. The quantitative estimate of drug-likeness (QED) is 0.640. The molecule has 2 aromatic rings. The van der Waals surface area contributed by atoms with E-state index in [0.29, 0.717) is 5.39 Å². The first-order valence-electron chi connectivity index (χ1n) is 5.13. The lowest BCUT2D eigenvalue weighted by molar-refractivity contribution is -0.115. The lowest BCUT2D eigenvalue weighted by atomic mass is 10.1. The van der Waals surface area contributed by atoms with Gasteiger partial charge < -0.3 is 4.98 Å². The van der Waals surface area contributed by atoms with Gasteiger partial charge in [-0.2, -0.15) is 0 Å². The fourth-order valence-electron chi connectivity index (χ4n) is 1.58. The van der Waals surface area contributed by atoms with Gasteiger partial charge in [0.05, 0.1) is 5.56 Å². The normalized spacial score (nSPS) is 10.3. The van der Waals surface area contributed by atoms with E-state index in [1.807, 2.05) is 11.4 Å². The van der Waals surface area contributed by atoms with Gasteiger partial charge in [-0.05, 0) is 12.3 Å². The molecule has 0 unspecified atom stereocenters. The van der Waals surface area contributed by atoms with Gasteiger partial charge in [-0.15, -0.1) is 0 Å². The second kappa shape index (κ2) is 5.05. The van der Waals surface area contributed by atoms with Gasteiger partial charge in [0, 0.05) is 17.1 Å². The van der Waals surface area contributed by atoms with Gasteiger partial charge in [-0.1, -0.05) is 30.0 Å². The number of rotatable bonds is 2. The number of ketones is 1. The zero-order chi connectivity index (χ0) is 13.1. The van der Waals surface area contributed by atoms with Crippen LogP contribution in [0.15, 0.2) is 30.5 Å². The van der Waals surface area contributed by atoms with Crippen molar-refractivity contribution >= 4 is 39.6 Å². The lowest BCUT2D eigenvalue weighted by Crippen LogP contribution is -2.33. The Kier molecular flexibility index (Phi) is 3.47. The molecule has 1 heterocycles. The molecule has 92 valence electrons. The molecule has 0 atom stereocenters. The SMILES string of the molecule is CSC(=O)NC(=O)C(=O)c1c[nH]c2ccccc12. The van der Waals surface area contributed by atoms with E-state index < -0.39 is 16.9 Å². The zero-order valence-corrected chi connectivity index (χ0v) is 10.3. The first kappa shape index (κ1) is 12.4. The molecular weight excluding hydrogens is 252 g/mol. The first-order valence-corrected chi connectivity index (χ1v) is 6.35. The molecule has 18 heavy (non-hydrogen) atoms. The number of para-hydroxylation sites is 1. The summed E-state index contributed by atoms with van der Waals surface area (Å²) < 4.78 is 0. The minimum Gasteiger partial charge on any atom is -0.360 e. The van der Waals surface area contributed by atoms with Crippen molar-refractivity contribution in [1.82, 2.24) is 10.3 Å². The summed E-state index contributed by atoms with van der Waals surface area (Å²) in [5.74, 6) is -1.64. The highest BCUT2D eigenvalue weighted by Gasteiger charge is 2.21. The Morgan fingerprint density at radius 2 is 1.94 bits per heavy atom. The van der Waals surface area contributed by atoms with Gasteiger partial charge >= 0.3 is 0 Å². The van der Waals surface area contributed by atoms with Crippen molar-refractivity contribution in [2.24, 2.45) is 0 Å². The molecule has 5 nitrogen and oxygen atoms in total. The summed E-state index contributed by atoms with van der Waals surface area (Å²) in [5, 5.41) is 2.12. The predicted molar refractivity (Wildman–Crippen MR) is 69.7 cm³/mol. The standard InChI is InChI=1S/C12H10N2O3S/c1-18-12(17)14-11(16)10(15)8-6-13-9-5-3-2-4-7(8)9/h2-6,13H,1H3,(H,14,16,17). The maximum atomic E-state index is 11.9. The average molecular weight is 262 g/mol. The second-order valence-corrected chi connectivity index (χ2v) is 4.30. The number of hydrogen-bond acceptors (Lipinski definition) is 4. The molecule has 0 aliphatic heterocycles. The molecule has 0 aliphatic rings. The molecule has 2 rings (SSSR count). The largest absolute Gasteiger partial charge is 0.360 e. The number of fused-ring (bicyclic) bond motifs is 1. The smallest absolute Gasteiger partial charge is 0.299 e. The number of hydrogen-bond donors (Lipinski definition) is 2. The van der Waals surface area contributed by atoms with Crippen molar-refractivity contribution in [3.8, 4) is 0 Å². The van der Waals surface area contributed by atoms with Crippen LogP contribution in [-0.4, -0.2) is 28.2 Å². The molecular formula is C12H10N2O3S. The van der Waals surface area contributed by atoms with Crippen molar-refractivity contribution in [2.75, 3.05) is 6.26 Å². The van der Waals surface area contributed by atoms with Crippen LogP contribution in [0.3, 0.4) is 0 Å². The highest BCUT2D eigenvalue weighted by molar-refractivity contribution is 8.13. The molecule has 1 aromatic carbocycles. The van der Waals surface area contributed by atoms with E-state index in [1.165, 1.54) is 12.5 Å². The number of aromatic nitrogens is 1. The van der Waals surface area contributed by atoms with Gasteiger partial charge in [-0.3, -0.25) is 19.7 Å². The van der Waals surface area contributed by atoms with Crippen molar-refractivity contribution in [3.63, 3.8) is 0 Å². The number of H-pyrrole nitrogens is 1. The van der Waals surface area contributed by atoms with Crippen molar-refractivity contribution < 1.29 is 14.4 Å². The van der Waals surface area contributed by atoms with E-state index in [-0.39, 0.29) is 5.56 Å². The fourth-order valence-corrected chi connectivity index (χ4v) is 1.78. The molecule has 2 N–H and O–H groups in total. The highest BCUT2D eigenvalue weighted by atomic mass is 32.2. The number of nitrogens with one attached hydrogen (secondary N) is 2. The zero-order valence-electron chi connectivity index (χ0n) is 9.52. The fraction of sp³-hybridized carbons (Fsp3) is 0.0833. The second-order valence-electron chi connectivity index (χ2n) is 3.52. The maximum absolute atomic E-state index is 11.9. The van der Waals surface area contributed by atoms with Gasteiger partial charge in [0.1, 0.15) is 0 Å². The molecule has 0 aliphatic carbocycles. The van der Waals surface area contributed by atoms with Crippen molar-refractivity contribution in [2.45, 2.75) is 0 Å². The lowest BCUT2D eigenvalue weighted by Gasteiger charge is -2.00. The summed E-state index contributed by atoms with van der Waals surface area (Å²) in [6.45, 7) is 0. The summed E-state index contributed by atoms with van der Waals surface area (Å²) in [6, 6.07) is 7.14. The summed E-state index contributed by atoms with van der Waals surface area (Å²) >= 11 is 0.841. The molecule has 0 radical (unpaired) electrons. The Morgan fingerprint density at radius 1 is 1.22 bits per heavy atom. The van der Waals surface area contributed by atoms with E-state index in [2.05, 4.69) is 4.98 Å². The Balaban J connectivity index is 2.29. The Bertz CT molecular complexity index is 633. The summed E-state index contributed by atoms with van der Waals surface area (Å²) in [4.78, 5) is 37.4. The summed E-state index contributed by atoms with van der Waals surface area (Å²) in [6.07, 6.45) is 2.99. The average Bonchev–Trinajstić information content (AvgIpc) is 2.81. The topological polar surface area (TPSA) is 79.0 Å². The van der Waals surface area contributed by atoms with Gasteiger partial charge in [0.15, 0.2) is 0 Å². The van der Waals surface area contributed by atoms with E-state index in [0.717, 1.165) is 17.3 Å². The van der Waals surface area contributed by atoms with Crippen LogP contribution in [0.1, 0.15) is 10.4 Å². The number of carbonyl (C=O) groups excluding carboxylic acids is 3. The third-order valence-electron chi connectivity index (χ3n) is 2.44. The van der Waals surface area contributed by atoms with E-state index in [4.69, 9.17) is 0 Å². The Morgan fingerprint density at radius 3 is 2.67 bits per heavy atom. The van der Waals surface area contributed by atoms with Crippen molar-refractivity contribution in [1.29, 1.82) is 0 Å². The van der Waals surface area contributed by atoms with Crippen LogP contribution in [0.25, 0.3) is 10.9 Å². The third kappa shape index (κ3) is 2.28. The number of thioether (sulfide) groups is 1. The van der Waals surface area contributed by atoms with Crippen LogP contribution < -0.4 is 5.32 Å². The van der Waals surface area contributed by atoms with Crippen LogP contribution in [0.4, 0.5) is 4.79 Å². The predicted octanol–water partition coefficient (Wildman–Crippen LogP) is 1.95. The van der Waals surface area contributed by atoms with E-state index in [1.54, 1.807) is 18.2 Å². The summed E-state index contributed by atoms with van der Waals surface area (Å²) in [7, 11) is 0. The van der Waals surface area contributed by atoms with Gasteiger partial charge in [0.2, 0.25) is 0 Å². The van der Waals surface area contributed by atoms with Crippen LogP contribution >= 0.6 is 11.8 Å². The highest BCUT2D eigenvalue weighted by Crippen LogP contribution is 2.18. The van der Waals surface area contributed by atoms with Crippen LogP contribution in [0.2, 0.25) is 0 Å². The first-order chi connectivity index (χ1) is 8.63. The monoisotopic (exact) mass is 262 g/mol. The molecule has 0 saturated carbocycles. The van der Waals surface area contributed by atoms with E-state index in [9.17, 15) is 14.4 Å². The van der Waals surface area contributed by atoms with Gasteiger partial charge in [-0.25, -0.2) is 0 Å². The molecule has 0 saturated heterocycles. The number of aromatic amines is 1.